The van der Waals surface area contributed by atoms with Gasteiger partial charge in [-0.15, -0.1) is 11.3 Å². The quantitative estimate of drug-likeness (QED) is 0.479. The molecule has 1 amide bonds. The predicted molar refractivity (Wildman–Crippen MR) is 115 cm³/mol. The molecular formula is C23H20N2O2S. The predicted octanol–water partition coefficient (Wildman–Crippen LogP) is 5.68. The summed E-state index contributed by atoms with van der Waals surface area (Å²) in [6, 6.07) is 23.3. The first-order chi connectivity index (χ1) is 13.6. The summed E-state index contributed by atoms with van der Waals surface area (Å²) in [5.41, 5.74) is 3.77. The highest BCUT2D eigenvalue weighted by Gasteiger charge is 2.17. The minimum absolute atomic E-state index is 0.187. The van der Waals surface area contributed by atoms with Crippen molar-refractivity contribution >= 4 is 33.1 Å². The van der Waals surface area contributed by atoms with Crippen LogP contribution >= 0.6 is 11.3 Å². The number of ether oxygens (including phenoxy) is 1. The normalized spacial score (nSPS) is 11.9. The summed E-state index contributed by atoms with van der Waals surface area (Å²) >= 11 is 1.65. The van der Waals surface area contributed by atoms with Gasteiger partial charge >= 0.3 is 0 Å². The third kappa shape index (κ3) is 3.75. The second-order valence-corrected chi connectivity index (χ2v) is 7.56. The Morgan fingerprint density at radius 3 is 2.54 bits per heavy atom. The first kappa shape index (κ1) is 18.2. The molecular weight excluding hydrogens is 368 g/mol. The van der Waals surface area contributed by atoms with Crippen LogP contribution in [0.2, 0.25) is 0 Å². The Labute approximate surface area is 167 Å². The van der Waals surface area contributed by atoms with E-state index in [1.807, 2.05) is 73.7 Å². The van der Waals surface area contributed by atoms with Crippen LogP contribution in [-0.2, 0) is 4.79 Å². The first-order valence-electron chi connectivity index (χ1n) is 9.10. The van der Waals surface area contributed by atoms with E-state index in [0.29, 0.717) is 5.75 Å². The van der Waals surface area contributed by atoms with Gasteiger partial charge in [0.25, 0.3) is 5.91 Å². The Bertz CT molecular complexity index is 1090. The number of benzene rings is 3. The fourth-order valence-electron chi connectivity index (χ4n) is 2.98. The molecule has 1 atom stereocenters. The molecule has 0 radical (unpaired) electrons. The highest BCUT2D eigenvalue weighted by molar-refractivity contribution is 7.21. The average Bonchev–Trinajstić information content (AvgIpc) is 3.14. The summed E-state index contributed by atoms with van der Waals surface area (Å²) in [7, 11) is 0. The maximum atomic E-state index is 12.6. The van der Waals surface area contributed by atoms with Gasteiger partial charge in [0.2, 0.25) is 0 Å². The number of hydrogen-bond donors (Lipinski definition) is 1. The summed E-state index contributed by atoms with van der Waals surface area (Å²) < 4.78 is 6.87. The lowest BCUT2D eigenvalue weighted by atomic mass is 10.1. The van der Waals surface area contributed by atoms with Crippen molar-refractivity contribution in [3.63, 3.8) is 0 Å². The van der Waals surface area contributed by atoms with E-state index < -0.39 is 6.10 Å². The number of amides is 1. The van der Waals surface area contributed by atoms with E-state index in [0.717, 1.165) is 32.0 Å². The topological polar surface area (TPSA) is 51.2 Å². The van der Waals surface area contributed by atoms with Gasteiger partial charge in [-0.2, -0.15) is 0 Å². The fourth-order valence-corrected chi connectivity index (χ4v) is 4.03. The smallest absolute Gasteiger partial charge is 0.265 e. The van der Waals surface area contributed by atoms with Gasteiger partial charge in [0.1, 0.15) is 10.8 Å². The number of thiazole rings is 1. The van der Waals surface area contributed by atoms with E-state index in [4.69, 9.17) is 9.72 Å². The molecule has 5 heteroatoms. The van der Waals surface area contributed by atoms with Crippen molar-refractivity contribution in [3.05, 3.63) is 78.4 Å². The molecule has 0 saturated heterocycles. The molecule has 4 aromatic rings. The van der Waals surface area contributed by atoms with Gasteiger partial charge in [-0.3, -0.25) is 4.79 Å². The van der Waals surface area contributed by atoms with Crippen LogP contribution < -0.4 is 10.1 Å². The van der Waals surface area contributed by atoms with E-state index in [-0.39, 0.29) is 5.91 Å². The number of carbonyl (C=O) groups excluding carboxylic acids is 1. The molecule has 3 aromatic carbocycles. The molecule has 4 rings (SSSR count). The SMILES string of the molecule is Cc1c(NC(=O)[C@H](C)Oc2ccccc2)cccc1-c1nc2ccccc2s1. The van der Waals surface area contributed by atoms with E-state index >= 15 is 0 Å². The highest BCUT2D eigenvalue weighted by Crippen LogP contribution is 2.34. The monoisotopic (exact) mass is 388 g/mol. The summed E-state index contributed by atoms with van der Waals surface area (Å²) in [5, 5.41) is 3.93. The van der Waals surface area contributed by atoms with Gasteiger partial charge < -0.3 is 10.1 Å². The second-order valence-electron chi connectivity index (χ2n) is 6.53. The van der Waals surface area contributed by atoms with E-state index in [1.165, 1.54) is 0 Å². The van der Waals surface area contributed by atoms with Crippen LogP contribution in [0.25, 0.3) is 20.8 Å². The third-order valence-corrected chi connectivity index (χ3v) is 5.61. The van der Waals surface area contributed by atoms with Crippen LogP contribution in [0, 0.1) is 6.92 Å². The molecule has 0 aliphatic carbocycles. The average molecular weight is 388 g/mol. The number of anilines is 1. The van der Waals surface area contributed by atoms with Crippen LogP contribution in [0.3, 0.4) is 0 Å². The van der Waals surface area contributed by atoms with E-state index in [9.17, 15) is 4.79 Å². The summed E-state index contributed by atoms with van der Waals surface area (Å²) in [6.07, 6.45) is -0.604. The molecule has 0 aliphatic rings. The molecule has 28 heavy (non-hydrogen) atoms. The van der Waals surface area contributed by atoms with Gasteiger partial charge in [-0.25, -0.2) is 4.98 Å². The van der Waals surface area contributed by atoms with Gasteiger partial charge in [0, 0.05) is 11.3 Å². The molecule has 0 spiro atoms. The maximum Gasteiger partial charge on any atom is 0.265 e. The number of hydrogen-bond acceptors (Lipinski definition) is 4. The van der Waals surface area contributed by atoms with Gasteiger partial charge in [0.05, 0.1) is 10.2 Å². The molecule has 0 saturated carbocycles. The lowest BCUT2D eigenvalue weighted by Crippen LogP contribution is -2.30. The highest BCUT2D eigenvalue weighted by atomic mass is 32.1. The number of para-hydroxylation sites is 2. The van der Waals surface area contributed by atoms with Crippen LogP contribution in [0.4, 0.5) is 5.69 Å². The molecule has 1 aromatic heterocycles. The van der Waals surface area contributed by atoms with Gasteiger partial charge in [-0.1, -0.05) is 42.5 Å². The van der Waals surface area contributed by atoms with E-state index in [2.05, 4.69) is 11.4 Å². The fraction of sp³-hybridized carbons (Fsp3) is 0.130. The Morgan fingerprint density at radius 2 is 1.75 bits per heavy atom. The van der Waals surface area contributed by atoms with Crippen molar-refractivity contribution in [1.82, 2.24) is 4.98 Å². The Hall–Kier alpha value is -3.18. The van der Waals surface area contributed by atoms with Gasteiger partial charge in [-0.05, 0) is 49.7 Å². The number of aromatic nitrogens is 1. The van der Waals surface area contributed by atoms with Gasteiger partial charge in [0.15, 0.2) is 6.10 Å². The van der Waals surface area contributed by atoms with Crippen LogP contribution in [0.15, 0.2) is 72.8 Å². The zero-order valence-electron chi connectivity index (χ0n) is 15.7. The third-order valence-electron chi connectivity index (χ3n) is 4.54. The molecule has 1 heterocycles. The van der Waals surface area contributed by atoms with Crippen LogP contribution in [0.1, 0.15) is 12.5 Å². The van der Waals surface area contributed by atoms with Crippen molar-refractivity contribution in [2.24, 2.45) is 0 Å². The Balaban J connectivity index is 1.55. The number of fused-ring (bicyclic) bond motifs is 1. The molecule has 1 N–H and O–H groups in total. The van der Waals surface area contributed by atoms with Crippen molar-refractivity contribution in [1.29, 1.82) is 0 Å². The Morgan fingerprint density at radius 1 is 1.00 bits per heavy atom. The largest absolute Gasteiger partial charge is 0.481 e. The maximum absolute atomic E-state index is 12.6. The molecule has 4 nitrogen and oxygen atoms in total. The number of carbonyl (C=O) groups is 1. The number of nitrogens with zero attached hydrogens (tertiary/aromatic N) is 1. The summed E-state index contributed by atoms with van der Waals surface area (Å²) in [6.45, 7) is 3.74. The van der Waals surface area contributed by atoms with Crippen molar-refractivity contribution < 1.29 is 9.53 Å². The van der Waals surface area contributed by atoms with Crippen molar-refractivity contribution in [3.8, 4) is 16.3 Å². The number of nitrogens with one attached hydrogen (secondary N) is 1. The molecule has 0 fully saturated rings. The van der Waals surface area contributed by atoms with Crippen molar-refractivity contribution in [2.45, 2.75) is 20.0 Å². The minimum Gasteiger partial charge on any atom is -0.481 e. The Kier molecular flexibility index (Phi) is 5.08. The zero-order chi connectivity index (χ0) is 19.5. The molecule has 0 unspecified atom stereocenters. The zero-order valence-corrected chi connectivity index (χ0v) is 16.5. The van der Waals surface area contributed by atoms with E-state index in [1.54, 1.807) is 18.3 Å². The lowest BCUT2D eigenvalue weighted by Gasteiger charge is -2.16. The summed E-state index contributed by atoms with van der Waals surface area (Å²) in [4.78, 5) is 17.3. The lowest BCUT2D eigenvalue weighted by molar-refractivity contribution is -0.122. The van der Waals surface area contributed by atoms with Crippen molar-refractivity contribution in [2.75, 3.05) is 5.32 Å². The second kappa shape index (κ2) is 7.82. The van der Waals surface area contributed by atoms with Crippen LogP contribution in [0.5, 0.6) is 5.75 Å². The minimum atomic E-state index is -0.604. The standard InChI is InChI=1S/C23H20N2O2S/c1-15-18(23-25-20-12-6-7-14-21(20)28-23)11-8-13-19(15)24-22(26)16(2)27-17-9-4-3-5-10-17/h3-14,16H,1-2H3,(H,24,26)/t16-/m0/s1. The number of rotatable bonds is 5. The first-order valence-corrected chi connectivity index (χ1v) is 9.91. The summed E-state index contributed by atoms with van der Waals surface area (Å²) in [5.74, 6) is 0.485. The molecule has 0 aliphatic heterocycles. The molecule has 140 valence electrons. The molecule has 0 bridgehead atoms. The van der Waals surface area contributed by atoms with Crippen LogP contribution in [-0.4, -0.2) is 17.0 Å².